The lowest BCUT2D eigenvalue weighted by molar-refractivity contribution is -0.133. The second kappa shape index (κ2) is 18.9. The molecular weight excluding hydrogens is 707 g/mol. The first-order valence-electron chi connectivity index (χ1n) is 16.5. The Morgan fingerprint density at radius 2 is 1.22 bits per heavy atom. The van der Waals surface area contributed by atoms with Crippen LogP contribution in [0, 0.1) is 0 Å². The van der Waals surface area contributed by atoms with Gasteiger partial charge in [-0.05, 0) is 29.7 Å². The number of benzene rings is 2. The molecule has 3 aliphatic heterocycles. The van der Waals surface area contributed by atoms with E-state index in [9.17, 15) is 19.2 Å². The molecule has 2 aromatic carbocycles. The van der Waals surface area contributed by atoms with Gasteiger partial charge in [0.05, 0.1) is 9.81 Å². The van der Waals surface area contributed by atoms with Crippen molar-refractivity contribution in [2.24, 2.45) is 0 Å². The van der Waals surface area contributed by atoms with E-state index in [0.29, 0.717) is 64.0 Å². The number of hydrogen-bond donors (Lipinski definition) is 1. The predicted octanol–water partition coefficient (Wildman–Crippen LogP) is 5.33. The number of nitrogens with one attached hydrogen (secondary N) is 1. The average Bonchev–Trinajstić information content (AvgIpc) is 3.55. The number of hydrogen-bond acceptors (Lipinski definition) is 9. The van der Waals surface area contributed by atoms with E-state index in [0.717, 1.165) is 24.2 Å². The van der Waals surface area contributed by atoms with Crippen LogP contribution >= 0.6 is 48.0 Å². The number of nitrogens with zero attached hydrogens (tertiary/aromatic N) is 4. The fourth-order valence-electron chi connectivity index (χ4n) is 5.46. The van der Waals surface area contributed by atoms with Crippen LogP contribution < -0.4 is 5.32 Å². The first-order valence-corrected chi connectivity index (χ1v) is 18.9. The molecule has 5 rings (SSSR count). The number of thiocarbonyl (C=S) groups is 2. The lowest BCUT2D eigenvalue weighted by Gasteiger charge is -2.35. The average molecular weight is 746 g/mol. The van der Waals surface area contributed by atoms with Crippen LogP contribution in [-0.2, 0) is 19.2 Å². The molecule has 3 aliphatic rings. The molecule has 0 bridgehead atoms. The fourth-order valence-corrected chi connectivity index (χ4v) is 7.98. The van der Waals surface area contributed by atoms with Crippen LogP contribution in [-0.4, -0.2) is 104 Å². The van der Waals surface area contributed by atoms with Gasteiger partial charge in [0.2, 0.25) is 11.8 Å². The van der Waals surface area contributed by atoms with E-state index >= 15 is 0 Å². The molecule has 0 saturated carbocycles. The van der Waals surface area contributed by atoms with E-state index < -0.39 is 0 Å². The van der Waals surface area contributed by atoms with Crippen molar-refractivity contribution >= 4 is 92.4 Å². The summed E-state index contributed by atoms with van der Waals surface area (Å²) in [6.07, 6.45) is 12.2. The van der Waals surface area contributed by atoms with Crippen LogP contribution in [0.1, 0.15) is 30.4 Å². The first-order chi connectivity index (χ1) is 24.3. The molecule has 3 heterocycles. The lowest BCUT2D eigenvalue weighted by Crippen LogP contribution is -2.50. The number of piperazine rings is 1. The van der Waals surface area contributed by atoms with Crippen molar-refractivity contribution < 1.29 is 19.2 Å². The zero-order chi connectivity index (χ0) is 35.3. The number of thioether (sulfide) groups is 2. The van der Waals surface area contributed by atoms with Gasteiger partial charge in [-0.2, -0.15) is 0 Å². The third-order valence-corrected chi connectivity index (χ3v) is 11.0. The van der Waals surface area contributed by atoms with Crippen molar-refractivity contribution in [2.75, 3.05) is 52.4 Å². The summed E-state index contributed by atoms with van der Waals surface area (Å²) in [7, 11) is 0. The van der Waals surface area contributed by atoms with Crippen molar-refractivity contribution in [2.45, 2.75) is 19.3 Å². The van der Waals surface area contributed by atoms with Crippen LogP contribution in [0.5, 0.6) is 0 Å². The molecule has 3 fully saturated rings. The summed E-state index contributed by atoms with van der Waals surface area (Å²) >= 11 is 13.4. The molecule has 0 radical (unpaired) electrons. The molecule has 0 spiro atoms. The van der Waals surface area contributed by atoms with Crippen molar-refractivity contribution in [1.29, 1.82) is 0 Å². The number of carbonyl (C=O) groups is 4. The summed E-state index contributed by atoms with van der Waals surface area (Å²) in [6.45, 7) is 4.48. The van der Waals surface area contributed by atoms with Crippen LogP contribution in [0.15, 0.2) is 94.8 Å². The Labute approximate surface area is 312 Å². The summed E-state index contributed by atoms with van der Waals surface area (Å²) in [6, 6.07) is 19.7. The molecule has 0 atom stereocenters. The normalized spacial score (nSPS) is 18.9. The number of carbonyl (C=O) groups excluding carboxylic acids is 4. The maximum absolute atomic E-state index is 12.9. The minimum atomic E-state index is -0.181. The molecule has 3 saturated heterocycles. The standard InChI is InChI=1S/C37H39N5O4S4/c43-32(19-22-42-35(46)31(50-37(42)48)17-8-15-29-12-5-2-6-13-29)38-20-23-39-24-26-40(27-25-39)33(44)18-9-21-41-34(45)30(49-36(41)47)16-7-14-28-10-3-1-4-11-28/h1-8,10-17H,9,18-27H2,(H,38,43)/b14-7+,15-8+,30-16-,31-17+. The maximum Gasteiger partial charge on any atom is 0.266 e. The highest BCUT2D eigenvalue weighted by atomic mass is 32.2. The van der Waals surface area contributed by atoms with Gasteiger partial charge < -0.3 is 10.2 Å². The van der Waals surface area contributed by atoms with Gasteiger partial charge in [0.25, 0.3) is 11.8 Å². The molecular formula is C37H39N5O4S4. The third kappa shape index (κ3) is 10.8. The Balaban J connectivity index is 0.939. The largest absolute Gasteiger partial charge is 0.355 e. The third-order valence-electron chi connectivity index (χ3n) is 8.23. The molecule has 4 amide bonds. The highest BCUT2D eigenvalue weighted by Gasteiger charge is 2.32. The Bertz CT molecular complexity index is 1700. The maximum atomic E-state index is 12.9. The van der Waals surface area contributed by atoms with Crippen LogP contribution in [0.25, 0.3) is 12.2 Å². The highest BCUT2D eigenvalue weighted by molar-refractivity contribution is 8.27. The minimum absolute atomic E-state index is 0.0717. The molecule has 0 unspecified atom stereocenters. The monoisotopic (exact) mass is 745 g/mol. The molecule has 1 N–H and O–H groups in total. The summed E-state index contributed by atoms with van der Waals surface area (Å²) < 4.78 is 0.972. The van der Waals surface area contributed by atoms with Gasteiger partial charge in [0.15, 0.2) is 0 Å². The van der Waals surface area contributed by atoms with E-state index in [1.165, 1.54) is 28.4 Å². The smallest absolute Gasteiger partial charge is 0.266 e. The quantitative estimate of drug-likeness (QED) is 0.204. The van der Waals surface area contributed by atoms with Crippen LogP contribution in [0.3, 0.4) is 0 Å². The number of rotatable bonds is 14. The van der Waals surface area contributed by atoms with E-state index in [1.807, 2.05) is 89.9 Å². The molecule has 13 heteroatoms. The van der Waals surface area contributed by atoms with Gasteiger partial charge in [0, 0.05) is 65.2 Å². The van der Waals surface area contributed by atoms with E-state index in [1.54, 1.807) is 17.1 Å². The van der Waals surface area contributed by atoms with E-state index in [2.05, 4.69) is 10.2 Å². The highest BCUT2D eigenvalue weighted by Crippen LogP contribution is 2.32. The van der Waals surface area contributed by atoms with Gasteiger partial charge in [-0.15, -0.1) is 0 Å². The van der Waals surface area contributed by atoms with Gasteiger partial charge in [-0.1, -0.05) is 133 Å². The predicted molar refractivity (Wildman–Crippen MR) is 211 cm³/mol. The number of allylic oxidation sites excluding steroid dienone is 4. The Morgan fingerprint density at radius 3 is 1.76 bits per heavy atom. The van der Waals surface area contributed by atoms with Gasteiger partial charge in [0.1, 0.15) is 8.64 Å². The van der Waals surface area contributed by atoms with Gasteiger partial charge in [-0.25, -0.2) is 0 Å². The molecule has 0 aliphatic carbocycles. The lowest BCUT2D eigenvalue weighted by atomic mass is 10.2. The SMILES string of the molecule is O=C(CCN1C(=O)/C(=C\C=C\c2ccccc2)SC1=S)NCCN1CCN(C(=O)CCCN2C(=O)/C(=C/C=C/c3ccccc3)SC2=S)CC1. The zero-order valence-electron chi connectivity index (χ0n) is 27.6. The summed E-state index contributed by atoms with van der Waals surface area (Å²) in [5, 5.41) is 2.94. The second-order valence-electron chi connectivity index (χ2n) is 11.7. The molecule has 0 aromatic heterocycles. The Hall–Kier alpha value is -3.88. The van der Waals surface area contributed by atoms with Crippen LogP contribution in [0.2, 0.25) is 0 Å². The first kappa shape index (κ1) is 37.4. The van der Waals surface area contributed by atoms with E-state index in [4.69, 9.17) is 24.4 Å². The van der Waals surface area contributed by atoms with Crippen molar-refractivity contribution in [3.05, 3.63) is 106 Å². The minimum Gasteiger partial charge on any atom is -0.355 e. The second-order valence-corrected chi connectivity index (χ2v) is 15.0. The summed E-state index contributed by atoms with van der Waals surface area (Å²) in [4.78, 5) is 59.4. The molecule has 9 nitrogen and oxygen atoms in total. The molecule has 260 valence electrons. The molecule has 50 heavy (non-hydrogen) atoms. The summed E-state index contributed by atoms with van der Waals surface area (Å²) in [5.74, 6) is -0.366. The number of amides is 4. The van der Waals surface area contributed by atoms with Crippen molar-refractivity contribution in [3.63, 3.8) is 0 Å². The van der Waals surface area contributed by atoms with Crippen molar-refractivity contribution in [3.8, 4) is 0 Å². The van der Waals surface area contributed by atoms with Crippen molar-refractivity contribution in [1.82, 2.24) is 24.9 Å². The van der Waals surface area contributed by atoms with Gasteiger partial charge in [-0.3, -0.25) is 33.9 Å². The fraction of sp³-hybridized carbons (Fsp3) is 0.297. The van der Waals surface area contributed by atoms with Crippen LogP contribution in [0.4, 0.5) is 0 Å². The zero-order valence-corrected chi connectivity index (χ0v) is 30.8. The summed E-state index contributed by atoms with van der Waals surface area (Å²) in [5.41, 5.74) is 2.09. The Kier molecular flexibility index (Phi) is 14.1. The van der Waals surface area contributed by atoms with E-state index in [-0.39, 0.29) is 36.6 Å². The van der Waals surface area contributed by atoms with Gasteiger partial charge >= 0.3 is 0 Å². The molecule has 2 aromatic rings. The topological polar surface area (TPSA) is 93.3 Å². The Morgan fingerprint density at radius 1 is 0.700 bits per heavy atom.